The molecule has 0 saturated heterocycles. The fraction of sp³-hybridized carbons (Fsp3) is 0.524. The number of aliphatic hydroxyl groups excluding tert-OH is 1. The minimum Gasteiger partial charge on any atom is -0.394 e. The first-order chi connectivity index (χ1) is 14.0. The Kier molecular flexibility index (Phi) is 7.60. The summed E-state index contributed by atoms with van der Waals surface area (Å²) in [6.45, 7) is 0.0247. The molecule has 158 valence electrons. The van der Waals surface area contributed by atoms with Crippen LogP contribution in [0.2, 0.25) is 0 Å². The Bertz CT molecular complexity index is 719. The highest BCUT2D eigenvalue weighted by molar-refractivity contribution is 5.77. The van der Waals surface area contributed by atoms with Gasteiger partial charge in [0, 0.05) is 12.6 Å². The maximum atomic E-state index is 12.9. The van der Waals surface area contributed by atoms with Crippen molar-refractivity contribution < 1.29 is 23.8 Å². The Labute approximate surface area is 169 Å². The van der Waals surface area contributed by atoms with E-state index in [1.807, 2.05) is 0 Å². The molecule has 0 aromatic heterocycles. The SMILES string of the molecule is O=C(C[C@H]1C=C[C@H](NC(=O)NC2CCCC2)[C@H](CO)O1)NCc1ccc(F)cc1. The minimum absolute atomic E-state index is 0.0924. The number of carbonyl (C=O) groups is 2. The number of amides is 3. The lowest BCUT2D eigenvalue weighted by atomic mass is 10.0. The topological polar surface area (TPSA) is 99.7 Å². The highest BCUT2D eigenvalue weighted by atomic mass is 19.1. The molecule has 1 fully saturated rings. The zero-order valence-electron chi connectivity index (χ0n) is 16.3. The molecule has 29 heavy (non-hydrogen) atoms. The fourth-order valence-corrected chi connectivity index (χ4v) is 3.64. The van der Waals surface area contributed by atoms with Crippen molar-refractivity contribution in [3.8, 4) is 0 Å². The van der Waals surface area contributed by atoms with Crippen molar-refractivity contribution >= 4 is 11.9 Å². The van der Waals surface area contributed by atoms with Crippen LogP contribution < -0.4 is 16.0 Å². The highest BCUT2D eigenvalue weighted by Gasteiger charge is 2.29. The van der Waals surface area contributed by atoms with Crippen molar-refractivity contribution in [2.75, 3.05) is 6.61 Å². The van der Waals surface area contributed by atoms with Crippen LogP contribution in [0.4, 0.5) is 9.18 Å². The van der Waals surface area contributed by atoms with Gasteiger partial charge in [-0.25, -0.2) is 9.18 Å². The van der Waals surface area contributed by atoms with Gasteiger partial charge in [0.1, 0.15) is 11.9 Å². The summed E-state index contributed by atoms with van der Waals surface area (Å²) in [6, 6.07) is 5.38. The molecule has 0 unspecified atom stereocenters. The quantitative estimate of drug-likeness (QED) is 0.520. The first-order valence-electron chi connectivity index (χ1n) is 10.1. The summed E-state index contributed by atoms with van der Waals surface area (Å²) in [5.41, 5.74) is 0.797. The van der Waals surface area contributed by atoms with Crippen LogP contribution in [-0.4, -0.2) is 47.9 Å². The van der Waals surface area contributed by atoms with Crippen LogP contribution in [0.1, 0.15) is 37.7 Å². The van der Waals surface area contributed by atoms with Crippen LogP contribution in [0, 0.1) is 5.82 Å². The van der Waals surface area contributed by atoms with Gasteiger partial charge in [-0.2, -0.15) is 0 Å². The third-order valence-corrected chi connectivity index (χ3v) is 5.24. The molecule has 1 aromatic carbocycles. The second-order valence-corrected chi connectivity index (χ2v) is 7.51. The monoisotopic (exact) mass is 405 g/mol. The molecule has 4 N–H and O–H groups in total. The third-order valence-electron chi connectivity index (χ3n) is 5.24. The van der Waals surface area contributed by atoms with Crippen LogP contribution in [-0.2, 0) is 16.1 Å². The molecule has 1 aliphatic carbocycles. The molecule has 0 bridgehead atoms. The van der Waals surface area contributed by atoms with Gasteiger partial charge >= 0.3 is 6.03 Å². The number of rotatable bonds is 7. The summed E-state index contributed by atoms with van der Waals surface area (Å²) < 4.78 is 18.7. The van der Waals surface area contributed by atoms with Crippen LogP contribution in [0.3, 0.4) is 0 Å². The van der Waals surface area contributed by atoms with E-state index in [0.29, 0.717) is 6.54 Å². The first-order valence-corrected chi connectivity index (χ1v) is 10.1. The van der Waals surface area contributed by atoms with Gasteiger partial charge in [-0.3, -0.25) is 4.79 Å². The van der Waals surface area contributed by atoms with E-state index in [0.717, 1.165) is 31.2 Å². The van der Waals surface area contributed by atoms with Crippen molar-refractivity contribution in [2.24, 2.45) is 0 Å². The lowest BCUT2D eigenvalue weighted by Gasteiger charge is -2.32. The van der Waals surface area contributed by atoms with Crippen LogP contribution in [0.25, 0.3) is 0 Å². The molecule has 7 nitrogen and oxygen atoms in total. The van der Waals surface area contributed by atoms with Crippen LogP contribution in [0.15, 0.2) is 36.4 Å². The molecular weight excluding hydrogens is 377 g/mol. The Balaban J connectivity index is 1.45. The summed E-state index contributed by atoms with van der Waals surface area (Å²) in [5.74, 6) is -0.540. The molecule has 3 atom stereocenters. The zero-order chi connectivity index (χ0) is 20.6. The molecule has 1 saturated carbocycles. The predicted molar refractivity (Wildman–Crippen MR) is 105 cm³/mol. The summed E-state index contributed by atoms with van der Waals surface area (Å²) >= 11 is 0. The van der Waals surface area contributed by atoms with E-state index >= 15 is 0 Å². The number of aliphatic hydroxyl groups is 1. The number of hydrogen-bond donors (Lipinski definition) is 4. The van der Waals surface area contributed by atoms with Crippen molar-refractivity contribution in [2.45, 2.75) is 62.9 Å². The van der Waals surface area contributed by atoms with Gasteiger partial charge in [-0.05, 0) is 30.5 Å². The Morgan fingerprint density at radius 2 is 1.83 bits per heavy atom. The molecule has 2 aliphatic rings. The summed E-state index contributed by atoms with van der Waals surface area (Å²) in [5, 5.41) is 18.1. The molecule has 3 rings (SSSR count). The average Bonchev–Trinajstić information content (AvgIpc) is 3.21. The highest BCUT2D eigenvalue weighted by Crippen LogP contribution is 2.18. The number of carbonyl (C=O) groups excluding carboxylic acids is 2. The van der Waals surface area contributed by atoms with E-state index in [1.165, 1.54) is 12.1 Å². The second-order valence-electron chi connectivity index (χ2n) is 7.51. The van der Waals surface area contributed by atoms with E-state index in [1.54, 1.807) is 24.3 Å². The predicted octanol–water partition coefficient (Wildman–Crippen LogP) is 1.76. The molecule has 3 amide bonds. The van der Waals surface area contributed by atoms with Gasteiger partial charge in [0.05, 0.1) is 25.2 Å². The largest absolute Gasteiger partial charge is 0.394 e. The van der Waals surface area contributed by atoms with Gasteiger partial charge in [-0.15, -0.1) is 0 Å². The van der Waals surface area contributed by atoms with E-state index in [4.69, 9.17) is 4.74 Å². The second kappa shape index (κ2) is 10.4. The summed E-state index contributed by atoms with van der Waals surface area (Å²) in [6.07, 6.45) is 6.70. The normalized spacial score (nSPS) is 24.3. The van der Waals surface area contributed by atoms with Gasteiger partial charge in [-0.1, -0.05) is 37.1 Å². The van der Waals surface area contributed by atoms with Crippen molar-refractivity contribution in [3.05, 3.63) is 47.8 Å². The average molecular weight is 405 g/mol. The van der Waals surface area contributed by atoms with Gasteiger partial charge in [0.25, 0.3) is 0 Å². The van der Waals surface area contributed by atoms with Gasteiger partial charge < -0.3 is 25.8 Å². The number of halogens is 1. The number of hydrogen-bond acceptors (Lipinski definition) is 4. The standard InChI is InChI=1S/C21H28FN3O4/c22-15-7-5-14(6-8-15)12-23-20(27)11-17-9-10-18(19(13-26)29-17)25-21(28)24-16-3-1-2-4-16/h5-10,16-19,26H,1-4,11-13H2,(H,23,27)(H2,24,25,28)/t17-,18+,19+/m1/s1. The van der Waals surface area contributed by atoms with E-state index in [9.17, 15) is 19.1 Å². The van der Waals surface area contributed by atoms with Gasteiger partial charge in [0.15, 0.2) is 0 Å². The Morgan fingerprint density at radius 1 is 1.10 bits per heavy atom. The van der Waals surface area contributed by atoms with Gasteiger partial charge in [0.2, 0.25) is 5.91 Å². The molecule has 1 aromatic rings. The first kappa shape index (κ1) is 21.3. The van der Waals surface area contributed by atoms with Crippen molar-refractivity contribution in [3.63, 3.8) is 0 Å². The molecule has 8 heteroatoms. The van der Waals surface area contributed by atoms with E-state index in [-0.39, 0.29) is 36.8 Å². The zero-order valence-corrected chi connectivity index (χ0v) is 16.3. The number of ether oxygens (including phenoxy) is 1. The summed E-state index contributed by atoms with van der Waals surface area (Å²) in [7, 11) is 0. The Hall–Kier alpha value is -2.45. The molecule has 0 radical (unpaired) electrons. The molecule has 1 aliphatic heterocycles. The van der Waals surface area contributed by atoms with Crippen LogP contribution >= 0.6 is 0 Å². The lowest BCUT2D eigenvalue weighted by molar-refractivity contribution is -0.125. The van der Waals surface area contributed by atoms with Crippen molar-refractivity contribution in [1.29, 1.82) is 0 Å². The Morgan fingerprint density at radius 3 is 2.52 bits per heavy atom. The smallest absolute Gasteiger partial charge is 0.315 e. The number of nitrogens with one attached hydrogen (secondary N) is 3. The molecule has 1 heterocycles. The lowest BCUT2D eigenvalue weighted by Crippen LogP contribution is -2.53. The molecular formula is C21H28FN3O4. The minimum atomic E-state index is -0.621. The van der Waals surface area contributed by atoms with Crippen LogP contribution in [0.5, 0.6) is 0 Å². The maximum Gasteiger partial charge on any atom is 0.315 e. The van der Waals surface area contributed by atoms with E-state index in [2.05, 4.69) is 16.0 Å². The number of benzene rings is 1. The third kappa shape index (κ3) is 6.54. The fourth-order valence-electron chi connectivity index (χ4n) is 3.64. The summed E-state index contributed by atoms with van der Waals surface area (Å²) in [4.78, 5) is 24.3. The van der Waals surface area contributed by atoms with E-state index < -0.39 is 18.2 Å². The van der Waals surface area contributed by atoms with Crippen molar-refractivity contribution in [1.82, 2.24) is 16.0 Å². The number of urea groups is 1. The molecule has 0 spiro atoms. The maximum absolute atomic E-state index is 12.9.